The number of aryl methyl sites for hydroxylation is 1. The van der Waals surface area contributed by atoms with E-state index in [0.717, 1.165) is 53.1 Å². The Morgan fingerprint density at radius 1 is 0.565 bits per heavy atom. The number of halogens is 2. The molecule has 2 aromatic heterocycles. The monoisotopic (exact) mass is 1040 g/mol. The van der Waals surface area contributed by atoms with E-state index in [-0.39, 0.29) is 0 Å². The molecule has 0 atom stereocenters. The zero-order chi connectivity index (χ0) is 43.7. The summed E-state index contributed by atoms with van der Waals surface area (Å²) in [5.74, 6) is 0.876. The van der Waals surface area contributed by atoms with Crippen molar-refractivity contribution < 1.29 is 21.6 Å². The molecule has 62 heavy (non-hydrogen) atoms. The minimum absolute atomic E-state index is 0.315. The molecule has 0 spiro atoms. The number of thiazole rings is 2. The maximum atomic E-state index is 13.0. The van der Waals surface area contributed by atoms with Crippen LogP contribution in [0.5, 0.6) is 5.75 Å². The van der Waals surface area contributed by atoms with E-state index in [2.05, 4.69) is 95.7 Å². The van der Waals surface area contributed by atoms with E-state index < -0.39 is 20.0 Å². The fourth-order valence-corrected chi connectivity index (χ4v) is 13.8. The molecule has 11 nitrogen and oxygen atoms in total. The van der Waals surface area contributed by atoms with Crippen LogP contribution in [0.15, 0.2) is 127 Å². The molecule has 0 aliphatic carbocycles. The van der Waals surface area contributed by atoms with Crippen LogP contribution in [-0.4, -0.2) is 94.4 Å². The van der Waals surface area contributed by atoms with Gasteiger partial charge >= 0.3 is 0 Å². The summed E-state index contributed by atoms with van der Waals surface area (Å²) >= 11 is 9.96. The molecule has 6 aromatic rings. The Balaban J connectivity index is 0.000000186. The third-order valence-electron chi connectivity index (χ3n) is 10.6. The van der Waals surface area contributed by atoms with Crippen LogP contribution in [0, 0.1) is 0 Å². The predicted octanol–water partition coefficient (Wildman–Crippen LogP) is 9.37. The van der Waals surface area contributed by atoms with Crippen molar-refractivity contribution >= 4 is 84.8 Å². The first kappa shape index (κ1) is 46.3. The number of piperazine rings is 2. The summed E-state index contributed by atoms with van der Waals surface area (Å²) in [5.41, 5.74) is 5.91. The number of ether oxygens (including phenoxy) is 1. The first-order valence-corrected chi connectivity index (χ1v) is 26.8. The highest BCUT2D eigenvalue weighted by Gasteiger charge is 2.32. The van der Waals surface area contributed by atoms with Gasteiger partial charge in [-0.05, 0) is 98.3 Å². The van der Waals surface area contributed by atoms with E-state index in [4.69, 9.17) is 14.7 Å². The van der Waals surface area contributed by atoms with Crippen molar-refractivity contribution in [1.82, 2.24) is 18.6 Å². The number of hydrogen-bond acceptors (Lipinski definition) is 11. The van der Waals surface area contributed by atoms with Gasteiger partial charge in [-0.3, -0.25) is 0 Å². The van der Waals surface area contributed by atoms with Gasteiger partial charge in [0.25, 0.3) is 0 Å². The smallest absolute Gasteiger partial charge is 0.244 e. The van der Waals surface area contributed by atoms with Crippen molar-refractivity contribution in [3.05, 3.63) is 145 Å². The van der Waals surface area contributed by atoms with E-state index in [0.29, 0.717) is 77.7 Å². The average Bonchev–Trinajstić information content (AvgIpc) is 3.96. The van der Waals surface area contributed by atoms with E-state index in [1.54, 1.807) is 67.7 Å². The lowest BCUT2D eigenvalue weighted by molar-refractivity contribution is 0.340. The van der Waals surface area contributed by atoms with Crippen molar-refractivity contribution in [1.29, 1.82) is 0 Å². The molecular formula is C45H50Br2N6O5S4. The van der Waals surface area contributed by atoms with Crippen molar-refractivity contribution in [2.75, 3.05) is 68.8 Å². The highest BCUT2D eigenvalue weighted by Crippen LogP contribution is 2.30. The Bertz CT molecular complexity index is 2430. The number of benzene rings is 4. The Morgan fingerprint density at radius 3 is 1.37 bits per heavy atom. The zero-order valence-electron chi connectivity index (χ0n) is 34.7. The largest absolute Gasteiger partial charge is 0.494 e. The molecule has 4 aromatic carbocycles. The molecular weight excluding hydrogens is 993 g/mol. The number of rotatable bonds is 14. The van der Waals surface area contributed by atoms with E-state index >= 15 is 0 Å². The Morgan fingerprint density at radius 2 is 0.968 bits per heavy atom. The van der Waals surface area contributed by atoms with Gasteiger partial charge in [0.2, 0.25) is 20.0 Å². The quantitative estimate of drug-likeness (QED) is 0.105. The Kier molecular flexibility index (Phi) is 15.9. The Labute approximate surface area is 390 Å². The third kappa shape index (κ3) is 11.5. The van der Waals surface area contributed by atoms with Crippen LogP contribution in [0.3, 0.4) is 0 Å². The molecule has 8 rings (SSSR count). The first-order valence-electron chi connectivity index (χ1n) is 20.6. The molecule has 0 amide bonds. The van der Waals surface area contributed by atoms with Crippen molar-refractivity contribution in [2.45, 2.75) is 49.3 Å². The van der Waals surface area contributed by atoms with Crippen LogP contribution < -0.4 is 14.5 Å². The molecule has 2 aliphatic rings. The number of anilines is 2. The fraction of sp³-hybridized carbons (Fsp3) is 0.333. The van der Waals surface area contributed by atoms with Crippen LogP contribution in [0.25, 0.3) is 0 Å². The number of nitrogens with zero attached hydrogens (tertiary/aromatic N) is 6. The second-order valence-corrected chi connectivity index (χ2v) is 22.1. The number of hydrogen-bond donors (Lipinski definition) is 0. The number of aromatic nitrogens is 2. The lowest BCUT2D eigenvalue weighted by atomic mass is 10.1. The topological polar surface area (TPSA) is 116 Å². The van der Waals surface area contributed by atoms with E-state index in [1.807, 2.05) is 31.2 Å². The molecule has 0 unspecified atom stereocenters. The maximum absolute atomic E-state index is 13.0. The molecule has 328 valence electrons. The van der Waals surface area contributed by atoms with Crippen molar-refractivity contribution in [3.63, 3.8) is 0 Å². The molecule has 4 heterocycles. The summed E-state index contributed by atoms with van der Waals surface area (Å²) in [4.78, 5) is 14.6. The zero-order valence-corrected chi connectivity index (χ0v) is 41.1. The summed E-state index contributed by atoms with van der Waals surface area (Å²) in [7, 11) is -7.01. The van der Waals surface area contributed by atoms with Gasteiger partial charge in [-0.15, -0.1) is 22.7 Å². The van der Waals surface area contributed by atoms with Gasteiger partial charge < -0.3 is 14.5 Å². The van der Waals surface area contributed by atoms with Gasteiger partial charge in [0.15, 0.2) is 10.3 Å². The van der Waals surface area contributed by atoms with Gasteiger partial charge in [0.05, 0.1) is 27.8 Å². The maximum Gasteiger partial charge on any atom is 0.244 e. The number of sulfonamides is 2. The van der Waals surface area contributed by atoms with Crippen molar-refractivity contribution in [3.8, 4) is 5.75 Å². The van der Waals surface area contributed by atoms with Crippen LogP contribution in [0.4, 0.5) is 10.3 Å². The molecule has 17 heteroatoms. The normalized spacial score (nSPS) is 15.3. The van der Waals surface area contributed by atoms with Crippen LogP contribution in [-0.2, 0) is 39.3 Å². The van der Waals surface area contributed by atoms with Crippen LogP contribution >= 0.6 is 54.5 Å². The molecule has 0 N–H and O–H groups in total. The van der Waals surface area contributed by atoms with Crippen LogP contribution in [0.2, 0.25) is 0 Å². The summed E-state index contributed by atoms with van der Waals surface area (Å²) in [6, 6.07) is 30.8. The molecule has 2 fully saturated rings. The van der Waals surface area contributed by atoms with Crippen LogP contribution in [0.1, 0.15) is 48.3 Å². The predicted molar refractivity (Wildman–Crippen MR) is 258 cm³/mol. The standard InChI is InChI=1S/C23H26BrN3O2S2.C22H24BrN3O3S2/c1-2-5-18-8-10-19(11-9-18)16-20-17-30-23(25-20)26-12-14-27(15-13-26)31(28,29)22-7-4-3-6-21(22)24;1-2-29-19-9-7-17(8-10-19)15-18-16-30-22(24-18)25-11-13-26(14-12-25)31(27,28)21-6-4-3-5-20(21)23/h3-4,6-11,17H,2,5,12-16H2,1H3;3-10,16H,2,11-15H2,1H3. The second kappa shape index (κ2) is 21.3. The van der Waals surface area contributed by atoms with E-state index in [9.17, 15) is 16.8 Å². The summed E-state index contributed by atoms with van der Waals surface area (Å²) < 4.78 is 61.7. The lowest BCUT2D eigenvalue weighted by Gasteiger charge is -2.34. The minimum atomic E-state index is -3.51. The minimum Gasteiger partial charge on any atom is -0.494 e. The van der Waals surface area contributed by atoms with Gasteiger partial charge in [0.1, 0.15) is 5.75 Å². The summed E-state index contributed by atoms with van der Waals surface area (Å²) in [6.45, 7) is 9.15. The SMILES string of the molecule is CCCc1ccc(Cc2csc(N3CCN(S(=O)(=O)c4ccccc4Br)CC3)n2)cc1.CCOc1ccc(Cc2csc(N3CCN(S(=O)(=O)c4ccccc4Br)CC3)n2)cc1. The second-order valence-electron chi connectivity index (χ2n) is 14.9. The molecule has 0 saturated carbocycles. The van der Waals surface area contributed by atoms with Gasteiger partial charge in [-0.25, -0.2) is 26.8 Å². The summed E-state index contributed by atoms with van der Waals surface area (Å²) in [6.07, 6.45) is 3.86. The highest BCUT2D eigenvalue weighted by molar-refractivity contribution is 9.10. The van der Waals surface area contributed by atoms with Gasteiger partial charge in [0, 0.05) is 84.9 Å². The Hall–Kier alpha value is -3.68. The molecule has 2 aliphatic heterocycles. The average molecular weight is 1040 g/mol. The summed E-state index contributed by atoms with van der Waals surface area (Å²) in [5, 5.41) is 6.10. The molecule has 0 radical (unpaired) electrons. The van der Waals surface area contributed by atoms with Gasteiger partial charge in [-0.2, -0.15) is 8.61 Å². The lowest BCUT2D eigenvalue weighted by Crippen LogP contribution is -2.48. The molecule has 0 bridgehead atoms. The highest BCUT2D eigenvalue weighted by atomic mass is 79.9. The third-order valence-corrected chi connectivity index (χ3v) is 18.3. The van der Waals surface area contributed by atoms with Crippen molar-refractivity contribution in [2.24, 2.45) is 0 Å². The first-order chi connectivity index (χ1) is 29.9. The van der Waals surface area contributed by atoms with Gasteiger partial charge in [-0.1, -0.05) is 74.0 Å². The molecule has 2 saturated heterocycles. The van der Waals surface area contributed by atoms with E-state index in [1.165, 1.54) is 16.7 Å². The fourth-order valence-electron chi connectivity index (χ4n) is 7.27.